The minimum absolute atomic E-state index is 0.0880. The van der Waals surface area contributed by atoms with Gasteiger partial charge in [0.1, 0.15) is 0 Å². The van der Waals surface area contributed by atoms with Crippen molar-refractivity contribution in [3.63, 3.8) is 0 Å². The van der Waals surface area contributed by atoms with Crippen molar-refractivity contribution in [3.05, 3.63) is 35.4 Å². The van der Waals surface area contributed by atoms with Crippen LogP contribution in [0.1, 0.15) is 48.8 Å². The number of carbonyl (C=O) groups is 1. The van der Waals surface area contributed by atoms with Crippen LogP contribution in [0.5, 0.6) is 0 Å². The van der Waals surface area contributed by atoms with Crippen LogP contribution in [0.2, 0.25) is 0 Å². The predicted octanol–water partition coefficient (Wildman–Crippen LogP) is 3.16. The average molecular weight is 275 g/mol. The molecule has 108 valence electrons. The zero-order chi connectivity index (χ0) is 14.1. The Hall–Kier alpha value is -1.39. The molecule has 0 radical (unpaired) electrons. The summed E-state index contributed by atoms with van der Waals surface area (Å²) in [6.45, 7) is 5.41. The monoisotopic (exact) mass is 275 g/mol. The van der Waals surface area contributed by atoms with E-state index >= 15 is 0 Å². The van der Waals surface area contributed by atoms with Crippen LogP contribution in [0.4, 0.5) is 0 Å². The molecule has 1 aromatic carbocycles. The summed E-state index contributed by atoms with van der Waals surface area (Å²) >= 11 is 0. The van der Waals surface area contributed by atoms with Gasteiger partial charge in [0.25, 0.3) is 5.91 Å². The first-order valence-corrected chi connectivity index (χ1v) is 7.34. The van der Waals surface area contributed by atoms with E-state index in [0.29, 0.717) is 30.6 Å². The molecule has 4 heteroatoms. The first kappa shape index (κ1) is 13.6. The SMILES string of the molecule is CC(C)COC1c2ccccc2C(=O)N1OCC1CC1. The van der Waals surface area contributed by atoms with Gasteiger partial charge in [-0.3, -0.25) is 9.63 Å². The van der Waals surface area contributed by atoms with E-state index in [1.807, 2.05) is 24.3 Å². The number of fused-ring (bicyclic) bond motifs is 1. The third-order valence-electron chi connectivity index (χ3n) is 3.60. The number of nitrogens with zero attached hydrogens (tertiary/aromatic N) is 1. The quantitative estimate of drug-likeness (QED) is 0.800. The van der Waals surface area contributed by atoms with Gasteiger partial charge in [0, 0.05) is 11.1 Å². The highest BCUT2D eigenvalue weighted by atomic mass is 16.7. The second-order valence-corrected chi connectivity index (χ2v) is 6.04. The van der Waals surface area contributed by atoms with Gasteiger partial charge in [-0.05, 0) is 30.7 Å². The van der Waals surface area contributed by atoms with Crippen molar-refractivity contribution in [2.75, 3.05) is 13.2 Å². The van der Waals surface area contributed by atoms with Crippen molar-refractivity contribution in [2.45, 2.75) is 32.9 Å². The fourth-order valence-corrected chi connectivity index (χ4v) is 2.30. The Kier molecular flexibility index (Phi) is 3.76. The average Bonchev–Trinajstić information content (AvgIpc) is 3.22. The highest BCUT2D eigenvalue weighted by Crippen LogP contribution is 2.36. The van der Waals surface area contributed by atoms with Crippen LogP contribution in [0.15, 0.2) is 24.3 Å². The minimum Gasteiger partial charge on any atom is -0.351 e. The first-order valence-electron chi connectivity index (χ1n) is 7.34. The summed E-state index contributed by atoms with van der Waals surface area (Å²) in [7, 11) is 0. The Morgan fingerprint density at radius 1 is 1.30 bits per heavy atom. The number of carbonyl (C=O) groups excluding carboxylic acids is 1. The molecule has 0 bridgehead atoms. The summed E-state index contributed by atoms with van der Waals surface area (Å²) in [4.78, 5) is 18.1. The summed E-state index contributed by atoms with van der Waals surface area (Å²) in [5.74, 6) is 0.940. The van der Waals surface area contributed by atoms with E-state index in [4.69, 9.17) is 9.57 Å². The molecule has 1 aromatic rings. The van der Waals surface area contributed by atoms with Gasteiger partial charge < -0.3 is 4.74 Å². The standard InChI is InChI=1S/C16H21NO3/c1-11(2)9-19-16-14-6-4-3-5-13(14)15(18)17(16)20-10-12-7-8-12/h3-6,11-12,16H,7-10H2,1-2H3. The summed E-state index contributed by atoms with van der Waals surface area (Å²) in [5, 5.41) is 1.42. The molecule has 1 unspecified atom stereocenters. The lowest BCUT2D eigenvalue weighted by atomic mass is 10.1. The van der Waals surface area contributed by atoms with Gasteiger partial charge in [0.05, 0.1) is 13.2 Å². The topological polar surface area (TPSA) is 38.8 Å². The maximum atomic E-state index is 12.4. The van der Waals surface area contributed by atoms with Gasteiger partial charge in [0.2, 0.25) is 0 Å². The summed E-state index contributed by atoms with van der Waals surface area (Å²) in [6, 6.07) is 7.59. The second-order valence-electron chi connectivity index (χ2n) is 6.04. The molecule has 1 aliphatic heterocycles. The van der Waals surface area contributed by atoms with E-state index in [2.05, 4.69) is 13.8 Å². The van der Waals surface area contributed by atoms with Crippen LogP contribution >= 0.6 is 0 Å². The fourth-order valence-electron chi connectivity index (χ4n) is 2.30. The van der Waals surface area contributed by atoms with Gasteiger partial charge in [-0.25, -0.2) is 0 Å². The van der Waals surface area contributed by atoms with Crippen molar-refractivity contribution in [2.24, 2.45) is 11.8 Å². The van der Waals surface area contributed by atoms with Crippen molar-refractivity contribution < 1.29 is 14.4 Å². The third kappa shape index (κ3) is 2.72. The molecule has 20 heavy (non-hydrogen) atoms. The largest absolute Gasteiger partial charge is 0.351 e. The second kappa shape index (κ2) is 5.54. The Labute approximate surface area is 119 Å². The van der Waals surface area contributed by atoms with E-state index in [1.165, 1.54) is 17.9 Å². The highest BCUT2D eigenvalue weighted by molar-refractivity contribution is 5.98. The van der Waals surface area contributed by atoms with Gasteiger partial charge in [-0.2, -0.15) is 5.06 Å². The lowest BCUT2D eigenvalue weighted by Gasteiger charge is -2.25. The van der Waals surface area contributed by atoms with Crippen molar-refractivity contribution in [1.29, 1.82) is 0 Å². The van der Waals surface area contributed by atoms with Gasteiger partial charge in [-0.15, -0.1) is 0 Å². The number of hydroxylamine groups is 2. The lowest BCUT2D eigenvalue weighted by Crippen LogP contribution is -2.31. The van der Waals surface area contributed by atoms with Crippen molar-refractivity contribution in [1.82, 2.24) is 5.06 Å². The van der Waals surface area contributed by atoms with Gasteiger partial charge in [0.15, 0.2) is 6.23 Å². The van der Waals surface area contributed by atoms with Crippen LogP contribution in [0.3, 0.4) is 0 Å². The molecule has 1 amide bonds. The Balaban J connectivity index is 1.77. The molecule has 1 atom stereocenters. The van der Waals surface area contributed by atoms with Crippen LogP contribution < -0.4 is 0 Å². The Morgan fingerprint density at radius 3 is 2.75 bits per heavy atom. The predicted molar refractivity (Wildman–Crippen MR) is 74.8 cm³/mol. The van der Waals surface area contributed by atoms with E-state index in [1.54, 1.807) is 0 Å². The van der Waals surface area contributed by atoms with Crippen LogP contribution in [0, 0.1) is 11.8 Å². The summed E-state index contributed by atoms with van der Waals surface area (Å²) < 4.78 is 5.91. The molecular weight excluding hydrogens is 254 g/mol. The first-order chi connectivity index (χ1) is 9.66. The van der Waals surface area contributed by atoms with Crippen LogP contribution in [0.25, 0.3) is 0 Å². The number of rotatable bonds is 6. The van der Waals surface area contributed by atoms with E-state index in [-0.39, 0.29) is 5.91 Å². The molecule has 2 aliphatic rings. The molecule has 0 saturated heterocycles. The van der Waals surface area contributed by atoms with Crippen molar-refractivity contribution >= 4 is 5.91 Å². The zero-order valence-electron chi connectivity index (χ0n) is 12.0. The zero-order valence-corrected chi connectivity index (χ0v) is 12.0. The molecular formula is C16H21NO3. The third-order valence-corrected chi connectivity index (χ3v) is 3.60. The molecule has 1 aliphatic carbocycles. The number of amides is 1. The van der Waals surface area contributed by atoms with E-state index in [9.17, 15) is 4.79 Å². The van der Waals surface area contributed by atoms with E-state index in [0.717, 1.165) is 5.56 Å². The van der Waals surface area contributed by atoms with Crippen molar-refractivity contribution in [3.8, 4) is 0 Å². The number of benzene rings is 1. The molecule has 1 heterocycles. The molecule has 0 spiro atoms. The summed E-state index contributed by atoms with van der Waals surface area (Å²) in [6.07, 6.45) is 2.00. The molecule has 1 fully saturated rings. The smallest absolute Gasteiger partial charge is 0.280 e. The number of hydrogen-bond donors (Lipinski definition) is 0. The summed E-state index contributed by atoms with van der Waals surface area (Å²) in [5.41, 5.74) is 1.60. The maximum absolute atomic E-state index is 12.4. The van der Waals surface area contributed by atoms with Gasteiger partial charge >= 0.3 is 0 Å². The molecule has 4 nitrogen and oxygen atoms in total. The highest BCUT2D eigenvalue weighted by Gasteiger charge is 2.39. The van der Waals surface area contributed by atoms with Crippen LogP contribution in [-0.2, 0) is 9.57 Å². The lowest BCUT2D eigenvalue weighted by molar-refractivity contribution is -0.220. The van der Waals surface area contributed by atoms with E-state index < -0.39 is 6.23 Å². The molecule has 1 saturated carbocycles. The van der Waals surface area contributed by atoms with Crippen LogP contribution in [-0.4, -0.2) is 24.2 Å². The Bertz CT molecular complexity index is 496. The molecule has 0 N–H and O–H groups in total. The normalized spacial score (nSPS) is 21.6. The fraction of sp³-hybridized carbons (Fsp3) is 0.562. The van der Waals surface area contributed by atoms with Gasteiger partial charge in [-0.1, -0.05) is 32.0 Å². The maximum Gasteiger partial charge on any atom is 0.280 e. The molecule has 0 aromatic heterocycles. The minimum atomic E-state index is -0.403. The number of hydrogen-bond acceptors (Lipinski definition) is 3. The molecule has 3 rings (SSSR count). The Morgan fingerprint density at radius 2 is 2.05 bits per heavy atom. The number of ether oxygens (including phenoxy) is 1.